The van der Waals surface area contributed by atoms with E-state index in [2.05, 4.69) is 6.07 Å². The van der Waals surface area contributed by atoms with Crippen molar-refractivity contribution < 1.29 is 4.79 Å². The van der Waals surface area contributed by atoms with Crippen molar-refractivity contribution in [2.75, 3.05) is 11.4 Å². The van der Waals surface area contributed by atoms with Crippen LogP contribution in [0.5, 0.6) is 0 Å². The molecule has 1 heterocycles. The number of nitriles is 1. The molecule has 170 valence electrons. The van der Waals surface area contributed by atoms with Crippen LogP contribution in [0.4, 0.5) is 5.69 Å². The van der Waals surface area contributed by atoms with Crippen molar-refractivity contribution in [3.8, 4) is 11.8 Å². The number of amides is 1. The minimum atomic E-state index is -0.583. The Bertz CT molecular complexity index is 1430. The number of carbonyl (C=O) groups is 1. The first-order chi connectivity index (χ1) is 16.5. The van der Waals surface area contributed by atoms with Gasteiger partial charge in [0.2, 0.25) is 5.91 Å². The number of halogens is 1. The van der Waals surface area contributed by atoms with Gasteiger partial charge >= 0.3 is 0 Å². The molecular formula is C26H21ClN4O2S. The van der Waals surface area contributed by atoms with Crippen LogP contribution in [0.15, 0.2) is 88.8 Å². The van der Waals surface area contributed by atoms with Crippen LogP contribution in [0.2, 0.25) is 5.02 Å². The Morgan fingerprint density at radius 2 is 1.76 bits per heavy atom. The molecule has 1 atom stereocenters. The van der Waals surface area contributed by atoms with Gasteiger partial charge in [0, 0.05) is 12.2 Å². The molecule has 3 aromatic carbocycles. The molecule has 0 bridgehead atoms. The molecule has 0 radical (unpaired) electrons. The summed E-state index contributed by atoms with van der Waals surface area (Å²) in [6.45, 7) is 2.04. The van der Waals surface area contributed by atoms with Crippen molar-refractivity contribution >= 4 is 45.9 Å². The minimum absolute atomic E-state index is 0.181. The Labute approximate surface area is 206 Å². The average molecular weight is 489 g/mol. The van der Waals surface area contributed by atoms with Gasteiger partial charge in [-0.05, 0) is 43.3 Å². The van der Waals surface area contributed by atoms with Gasteiger partial charge in [-0.3, -0.25) is 14.2 Å². The van der Waals surface area contributed by atoms with Crippen molar-refractivity contribution in [3.63, 3.8) is 0 Å². The molecule has 4 aromatic rings. The molecule has 6 nitrogen and oxygen atoms in total. The molecule has 0 N–H and O–H groups in total. The highest BCUT2D eigenvalue weighted by molar-refractivity contribution is 8.00. The first-order valence-electron chi connectivity index (χ1n) is 10.7. The lowest BCUT2D eigenvalue weighted by atomic mass is 10.2. The monoisotopic (exact) mass is 488 g/mol. The van der Waals surface area contributed by atoms with Gasteiger partial charge in [0.25, 0.3) is 5.56 Å². The zero-order valence-electron chi connectivity index (χ0n) is 18.4. The third-order valence-electron chi connectivity index (χ3n) is 5.25. The van der Waals surface area contributed by atoms with Gasteiger partial charge in [-0.2, -0.15) is 5.26 Å². The Morgan fingerprint density at radius 1 is 1.09 bits per heavy atom. The lowest BCUT2D eigenvalue weighted by Gasteiger charge is -2.25. The van der Waals surface area contributed by atoms with Crippen molar-refractivity contribution in [3.05, 3.63) is 94.2 Å². The molecule has 8 heteroatoms. The molecule has 4 rings (SSSR count). The van der Waals surface area contributed by atoms with Crippen molar-refractivity contribution in [1.29, 1.82) is 5.26 Å². The maximum atomic E-state index is 13.5. The number of hydrogen-bond acceptors (Lipinski definition) is 5. The number of thioether (sulfide) groups is 1. The molecule has 0 spiro atoms. The average Bonchev–Trinajstić information content (AvgIpc) is 2.86. The maximum Gasteiger partial charge on any atom is 0.266 e. The standard InChI is InChI=1S/C26H21ClN4O2S/c1-18(24(32)30(17-9-16-28)19-10-3-2-4-11-19)34-26-29-22-14-7-5-12-20(22)25(33)31(26)23-15-8-6-13-21(23)27/h2-8,10-15,18H,9,17H2,1H3/t18-/m1/s1. The van der Waals surface area contributed by atoms with Crippen LogP contribution < -0.4 is 10.5 Å². The van der Waals surface area contributed by atoms with E-state index in [4.69, 9.17) is 21.8 Å². The maximum absolute atomic E-state index is 13.5. The lowest BCUT2D eigenvalue weighted by molar-refractivity contribution is -0.117. The number of nitrogens with zero attached hydrogens (tertiary/aromatic N) is 4. The van der Waals surface area contributed by atoms with E-state index in [-0.39, 0.29) is 24.4 Å². The van der Waals surface area contributed by atoms with E-state index in [1.165, 1.54) is 16.3 Å². The second kappa shape index (κ2) is 10.6. The lowest BCUT2D eigenvalue weighted by Crippen LogP contribution is -2.37. The quantitative estimate of drug-likeness (QED) is 0.255. The van der Waals surface area contributed by atoms with Gasteiger partial charge in [0.05, 0.1) is 39.4 Å². The van der Waals surface area contributed by atoms with Gasteiger partial charge in [0.15, 0.2) is 5.16 Å². The number of fused-ring (bicyclic) bond motifs is 1. The zero-order valence-corrected chi connectivity index (χ0v) is 20.0. The SMILES string of the molecule is C[C@@H](Sc1nc2ccccc2c(=O)n1-c1ccccc1Cl)C(=O)N(CCC#N)c1ccccc1. The predicted molar refractivity (Wildman–Crippen MR) is 137 cm³/mol. The molecule has 0 aliphatic carbocycles. The number of carbonyl (C=O) groups excluding carboxylic acids is 1. The second-order valence-corrected chi connectivity index (χ2v) is 9.21. The van der Waals surface area contributed by atoms with Crippen molar-refractivity contribution in [1.82, 2.24) is 9.55 Å². The van der Waals surface area contributed by atoms with Gasteiger partial charge in [-0.25, -0.2) is 4.98 Å². The fourth-order valence-electron chi connectivity index (χ4n) is 3.60. The molecule has 0 unspecified atom stereocenters. The van der Waals surface area contributed by atoms with Crippen LogP contribution in [-0.2, 0) is 4.79 Å². The fraction of sp³-hybridized carbons (Fsp3) is 0.154. The van der Waals surface area contributed by atoms with Crippen LogP contribution in [0.1, 0.15) is 13.3 Å². The van der Waals surface area contributed by atoms with Crippen LogP contribution in [0.25, 0.3) is 16.6 Å². The van der Waals surface area contributed by atoms with E-state index in [1.807, 2.05) is 36.4 Å². The molecule has 34 heavy (non-hydrogen) atoms. The summed E-state index contributed by atoms with van der Waals surface area (Å²) >= 11 is 7.62. The van der Waals surface area contributed by atoms with E-state index < -0.39 is 5.25 Å². The van der Waals surface area contributed by atoms with E-state index in [0.717, 1.165) is 0 Å². The van der Waals surface area contributed by atoms with E-state index >= 15 is 0 Å². The minimum Gasteiger partial charge on any atom is -0.310 e. The van der Waals surface area contributed by atoms with Gasteiger partial charge in [-0.15, -0.1) is 0 Å². The number of benzene rings is 3. The van der Waals surface area contributed by atoms with Gasteiger partial charge in [-0.1, -0.05) is 65.8 Å². The summed E-state index contributed by atoms with van der Waals surface area (Å²) in [6.07, 6.45) is 0.205. The highest BCUT2D eigenvalue weighted by Crippen LogP contribution is 2.29. The third kappa shape index (κ3) is 4.84. The summed E-state index contributed by atoms with van der Waals surface area (Å²) in [4.78, 5) is 33.3. The van der Waals surface area contributed by atoms with Gasteiger partial charge < -0.3 is 4.90 Å². The highest BCUT2D eigenvalue weighted by Gasteiger charge is 2.25. The number of rotatable bonds is 7. The third-order valence-corrected chi connectivity index (χ3v) is 6.61. The summed E-state index contributed by atoms with van der Waals surface area (Å²) < 4.78 is 1.46. The number of anilines is 1. The molecule has 0 fully saturated rings. The van der Waals surface area contributed by atoms with E-state index in [9.17, 15) is 9.59 Å². The van der Waals surface area contributed by atoms with Crippen LogP contribution >= 0.6 is 23.4 Å². The molecule has 0 saturated carbocycles. The molecule has 0 saturated heterocycles. The molecule has 0 aliphatic rings. The highest BCUT2D eigenvalue weighted by atomic mass is 35.5. The zero-order chi connectivity index (χ0) is 24.1. The summed E-state index contributed by atoms with van der Waals surface area (Å²) in [5.41, 5.74) is 1.50. The molecular weight excluding hydrogens is 468 g/mol. The van der Waals surface area contributed by atoms with Crippen LogP contribution in [0, 0.1) is 11.3 Å². The molecule has 0 aliphatic heterocycles. The number of hydrogen-bond donors (Lipinski definition) is 0. The Kier molecular flexibility index (Phi) is 7.31. The second-order valence-electron chi connectivity index (χ2n) is 7.50. The van der Waals surface area contributed by atoms with Crippen molar-refractivity contribution in [2.45, 2.75) is 23.8 Å². The first kappa shape index (κ1) is 23.6. The summed E-state index contributed by atoms with van der Waals surface area (Å²) in [5.74, 6) is -0.181. The first-order valence-corrected chi connectivity index (χ1v) is 11.9. The number of para-hydroxylation sites is 3. The number of aromatic nitrogens is 2. The van der Waals surface area contributed by atoms with Crippen LogP contribution in [0.3, 0.4) is 0 Å². The Morgan fingerprint density at radius 3 is 2.50 bits per heavy atom. The fourth-order valence-corrected chi connectivity index (χ4v) is 4.80. The molecule has 1 amide bonds. The Balaban J connectivity index is 1.77. The summed E-state index contributed by atoms with van der Waals surface area (Å²) in [6, 6.07) is 25.5. The van der Waals surface area contributed by atoms with E-state index in [0.29, 0.717) is 32.5 Å². The predicted octanol–water partition coefficient (Wildman–Crippen LogP) is 5.47. The van der Waals surface area contributed by atoms with Crippen molar-refractivity contribution in [2.24, 2.45) is 0 Å². The largest absolute Gasteiger partial charge is 0.310 e. The normalized spacial score (nSPS) is 11.7. The smallest absolute Gasteiger partial charge is 0.266 e. The van der Waals surface area contributed by atoms with Crippen LogP contribution in [-0.4, -0.2) is 27.3 Å². The summed E-state index contributed by atoms with van der Waals surface area (Å²) in [7, 11) is 0. The van der Waals surface area contributed by atoms with Gasteiger partial charge in [0.1, 0.15) is 0 Å². The van der Waals surface area contributed by atoms with E-state index in [1.54, 1.807) is 54.3 Å². The Hall–Kier alpha value is -3.60. The summed E-state index contributed by atoms with van der Waals surface area (Å²) in [5, 5.41) is 9.74. The molecule has 1 aromatic heterocycles. The topological polar surface area (TPSA) is 79.0 Å².